The summed E-state index contributed by atoms with van der Waals surface area (Å²) in [6.45, 7) is 11.2. The molecule has 4 aliphatic rings. The fourth-order valence-electron chi connectivity index (χ4n) is 7.36. The number of hydrogen-bond acceptors (Lipinski definition) is 9. The molecule has 4 heterocycles. The van der Waals surface area contributed by atoms with E-state index < -0.39 is 41.9 Å². The first-order valence-electron chi connectivity index (χ1n) is 17.8. The molecule has 5 atom stereocenters. The summed E-state index contributed by atoms with van der Waals surface area (Å²) in [5.74, 6) is -1.33. The van der Waals surface area contributed by atoms with Gasteiger partial charge in [0.15, 0.2) is 6.10 Å². The molecule has 4 aliphatic heterocycles. The smallest absolute Gasteiger partial charge is 0.410 e. The largest absolute Gasteiger partial charge is 0.457 e. The van der Waals surface area contributed by atoms with Gasteiger partial charge in [-0.2, -0.15) is 0 Å². The molecule has 0 radical (unpaired) electrons. The van der Waals surface area contributed by atoms with E-state index in [-0.39, 0.29) is 25.1 Å². The molecule has 0 unspecified atom stereocenters. The highest BCUT2D eigenvalue weighted by Gasteiger charge is 2.37. The van der Waals surface area contributed by atoms with Gasteiger partial charge in [-0.05, 0) is 101 Å². The van der Waals surface area contributed by atoms with Crippen molar-refractivity contribution in [1.29, 1.82) is 0 Å². The maximum absolute atomic E-state index is 14.7. The normalized spacial score (nSPS) is 31.4. The molecule has 0 aromatic heterocycles. The van der Waals surface area contributed by atoms with Gasteiger partial charge < -0.3 is 39.1 Å². The Labute approximate surface area is 284 Å². The number of anilines is 1. The number of morpholine rings is 1. The molecule has 1 aromatic carbocycles. The van der Waals surface area contributed by atoms with Gasteiger partial charge in [0.1, 0.15) is 17.5 Å². The number of cyclic esters (lactones) is 1. The third-order valence-corrected chi connectivity index (χ3v) is 10.3. The van der Waals surface area contributed by atoms with Crippen LogP contribution in [0.3, 0.4) is 0 Å². The van der Waals surface area contributed by atoms with Crippen LogP contribution in [0.1, 0.15) is 77.7 Å². The lowest BCUT2D eigenvalue weighted by atomic mass is 9.88. The fraction of sp³-hybridized carbons (Fsp3) is 0.676. The van der Waals surface area contributed by atoms with Crippen molar-refractivity contribution < 1.29 is 38.4 Å². The number of carbonyl (C=O) groups is 2. The monoisotopic (exact) mass is 671 g/mol. The topological polar surface area (TPSA) is 112 Å². The Kier molecular flexibility index (Phi) is 12.6. The molecular weight excluding hydrogens is 617 g/mol. The SMILES string of the molecule is C/C(=C\c1cc(F)cc(N2CCOCC2)c1)[C@H]1OC(=O)C[C@@H](O)CC[C@@](C)(O)[C@@H](OC(=O)N2CCC(N3CCCCC3)CC2)/C=C/[C@@H]1C. The number of ether oxygens (including phenoxy) is 3. The van der Waals surface area contributed by atoms with E-state index in [1.54, 1.807) is 30.1 Å². The number of hydrogen-bond donors (Lipinski definition) is 2. The van der Waals surface area contributed by atoms with Crippen LogP contribution in [0.5, 0.6) is 0 Å². The van der Waals surface area contributed by atoms with Crippen molar-refractivity contribution in [2.75, 3.05) is 57.4 Å². The van der Waals surface area contributed by atoms with Gasteiger partial charge in [-0.1, -0.05) is 25.5 Å². The quantitative estimate of drug-likeness (QED) is 0.333. The van der Waals surface area contributed by atoms with E-state index in [9.17, 15) is 24.2 Å². The first-order valence-corrected chi connectivity index (χ1v) is 17.8. The highest BCUT2D eigenvalue weighted by Crippen LogP contribution is 2.30. The lowest BCUT2D eigenvalue weighted by molar-refractivity contribution is -0.151. The van der Waals surface area contributed by atoms with Crippen LogP contribution >= 0.6 is 0 Å². The Morgan fingerprint density at radius 2 is 1.73 bits per heavy atom. The van der Waals surface area contributed by atoms with Crippen molar-refractivity contribution in [2.45, 2.75) is 102 Å². The molecular formula is C37H54FN3O7. The molecule has 2 N–H and O–H groups in total. The van der Waals surface area contributed by atoms with Gasteiger partial charge in [-0.3, -0.25) is 4.79 Å². The number of benzene rings is 1. The van der Waals surface area contributed by atoms with E-state index in [4.69, 9.17) is 14.2 Å². The molecule has 3 saturated heterocycles. The van der Waals surface area contributed by atoms with Crippen LogP contribution < -0.4 is 4.90 Å². The van der Waals surface area contributed by atoms with Gasteiger partial charge in [0.2, 0.25) is 0 Å². The van der Waals surface area contributed by atoms with Crippen LogP contribution in [-0.4, -0.2) is 115 Å². The number of aliphatic hydroxyl groups excluding tert-OH is 1. The standard InChI is InChI=1S/C37H54FN3O7/c1-26-7-8-33(47-36(44)41-15-10-30(11-16-41)39-13-5-4-6-14-39)37(3,45)12-9-32(42)25-34(43)48-35(26)27(2)21-28-22-29(38)24-31(23-28)40-17-19-46-20-18-40/h7-8,21-24,26,30,32-33,35,42,45H,4-6,9-20,25H2,1-3H3/b8-7+,27-21+/t26-,32-,33-,35-,37+/m0/s1. The van der Waals surface area contributed by atoms with Crippen LogP contribution in [-0.2, 0) is 19.0 Å². The number of amides is 1. The number of halogens is 1. The molecule has 10 nitrogen and oxygen atoms in total. The second-order valence-corrected chi connectivity index (χ2v) is 14.3. The highest BCUT2D eigenvalue weighted by molar-refractivity contribution is 5.71. The molecule has 1 amide bonds. The van der Waals surface area contributed by atoms with Crippen LogP contribution in [0, 0.1) is 11.7 Å². The molecule has 3 fully saturated rings. The summed E-state index contributed by atoms with van der Waals surface area (Å²) in [4.78, 5) is 32.7. The van der Waals surface area contributed by atoms with Crippen molar-refractivity contribution >= 4 is 23.8 Å². The number of carbonyl (C=O) groups excluding carboxylic acids is 2. The first kappa shape index (κ1) is 36.3. The first-order chi connectivity index (χ1) is 23.0. The molecule has 0 saturated carbocycles. The number of likely N-dealkylation sites (tertiary alicyclic amines) is 2. The van der Waals surface area contributed by atoms with Crippen molar-refractivity contribution in [3.05, 3.63) is 47.3 Å². The molecule has 11 heteroatoms. The Morgan fingerprint density at radius 1 is 1.02 bits per heavy atom. The Balaban J connectivity index is 1.32. The lowest BCUT2D eigenvalue weighted by Gasteiger charge is -2.40. The van der Waals surface area contributed by atoms with E-state index in [1.165, 1.54) is 31.4 Å². The van der Waals surface area contributed by atoms with E-state index in [0.717, 1.165) is 31.6 Å². The number of piperidine rings is 2. The van der Waals surface area contributed by atoms with Crippen LogP contribution in [0.25, 0.3) is 6.08 Å². The summed E-state index contributed by atoms with van der Waals surface area (Å²) in [5.41, 5.74) is 0.584. The van der Waals surface area contributed by atoms with E-state index in [0.29, 0.717) is 56.6 Å². The maximum Gasteiger partial charge on any atom is 0.410 e. The van der Waals surface area contributed by atoms with Crippen molar-refractivity contribution in [3.8, 4) is 0 Å². The van der Waals surface area contributed by atoms with Crippen molar-refractivity contribution in [2.24, 2.45) is 5.92 Å². The minimum Gasteiger partial charge on any atom is -0.457 e. The minimum atomic E-state index is -1.49. The van der Waals surface area contributed by atoms with Crippen LogP contribution in [0.2, 0.25) is 0 Å². The zero-order valence-electron chi connectivity index (χ0n) is 28.8. The third-order valence-electron chi connectivity index (χ3n) is 10.3. The molecule has 0 bridgehead atoms. The van der Waals surface area contributed by atoms with Gasteiger partial charge >= 0.3 is 12.1 Å². The number of aliphatic hydroxyl groups is 2. The van der Waals surface area contributed by atoms with Crippen LogP contribution in [0.15, 0.2) is 35.9 Å². The van der Waals surface area contributed by atoms with E-state index >= 15 is 0 Å². The average Bonchev–Trinajstić information content (AvgIpc) is 3.08. The molecule has 0 aliphatic carbocycles. The second kappa shape index (κ2) is 16.6. The van der Waals surface area contributed by atoms with Gasteiger partial charge in [0, 0.05) is 43.8 Å². The molecule has 5 rings (SSSR count). The van der Waals surface area contributed by atoms with Crippen molar-refractivity contribution in [1.82, 2.24) is 9.80 Å². The predicted molar refractivity (Wildman–Crippen MR) is 182 cm³/mol. The van der Waals surface area contributed by atoms with Crippen molar-refractivity contribution in [3.63, 3.8) is 0 Å². The summed E-state index contributed by atoms with van der Waals surface area (Å²) in [6.07, 6.45) is 7.56. The third kappa shape index (κ3) is 9.80. The fourth-order valence-corrected chi connectivity index (χ4v) is 7.36. The number of rotatable bonds is 5. The zero-order chi connectivity index (χ0) is 34.3. The number of nitrogens with zero attached hydrogens (tertiary/aromatic N) is 3. The summed E-state index contributed by atoms with van der Waals surface area (Å²) >= 11 is 0. The molecule has 48 heavy (non-hydrogen) atoms. The van der Waals surface area contributed by atoms with E-state index in [1.807, 2.05) is 19.9 Å². The second-order valence-electron chi connectivity index (χ2n) is 14.3. The summed E-state index contributed by atoms with van der Waals surface area (Å²) in [6, 6.07) is 5.33. The summed E-state index contributed by atoms with van der Waals surface area (Å²) in [5, 5.41) is 22.2. The van der Waals surface area contributed by atoms with Crippen LogP contribution in [0.4, 0.5) is 14.9 Å². The number of esters is 1. The predicted octanol–water partition coefficient (Wildman–Crippen LogP) is 4.92. The van der Waals surface area contributed by atoms with Gasteiger partial charge in [-0.25, -0.2) is 9.18 Å². The van der Waals surface area contributed by atoms with E-state index in [2.05, 4.69) is 9.80 Å². The minimum absolute atomic E-state index is 0.114. The summed E-state index contributed by atoms with van der Waals surface area (Å²) < 4.78 is 32.1. The Bertz CT molecular complexity index is 1300. The maximum atomic E-state index is 14.7. The lowest BCUT2D eigenvalue weighted by Crippen LogP contribution is -2.50. The Morgan fingerprint density at radius 3 is 2.44 bits per heavy atom. The molecule has 1 aromatic rings. The average molecular weight is 672 g/mol. The van der Waals surface area contributed by atoms with Gasteiger partial charge in [0.05, 0.1) is 25.7 Å². The molecule has 266 valence electrons. The van der Waals surface area contributed by atoms with Gasteiger partial charge in [-0.15, -0.1) is 0 Å². The zero-order valence-corrected chi connectivity index (χ0v) is 28.8. The highest BCUT2D eigenvalue weighted by atomic mass is 19.1. The molecule has 0 spiro atoms. The Hall–Kier alpha value is -2.99. The summed E-state index contributed by atoms with van der Waals surface area (Å²) in [7, 11) is 0. The van der Waals surface area contributed by atoms with Gasteiger partial charge in [0.25, 0.3) is 0 Å².